The normalized spacial score (nSPS) is 12.2. The fraction of sp³-hybridized carbons (Fsp3) is 0.0909. The summed E-state index contributed by atoms with van der Waals surface area (Å²) in [5, 5.41) is 16.9. The van der Waals surface area contributed by atoms with Crippen LogP contribution in [0, 0.1) is 0 Å². The van der Waals surface area contributed by atoms with Crippen LogP contribution in [-0.4, -0.2) is 12.0 Å². The van der Waals surface area contributed by atoms with Crippen molar-refractivity contribution in [3.05, 3.63) is 84.4 Å². The van der Waals surface area contributed by atoms with E-state index in [4.69, 9.17) is 0 Å². The number of anilines is 1. The van der Waals surface area contributed by atoms with Gasteiger partial charge in [0.25, 0.3) is 0 Å². The van der Waals surface area contributed by atoms with Crippen molar-refractivity contribution in [2.24, 2.45) is 0 Å². The highest BCUT2D eigenvalue weighted by molar-refractivity contribution is 6.05. The molecule has 128 valence electrons. The van der Waals surface area contributed by atoms with Crippen LogP contribution in [-0.2, 0) is 11.2 Å². The Labute approximate surface area is 151 Å². The van der Waals surface area contributed by atoms with Crippen molar-refractivity contribution in [2.45, 2.75) is 12.5 Å². The summed E-state index contributed by atoms with van der Waals surface area (Å²) in [5.74, 6) is -1.12. The molecule has 1 aromatic heterocycles. The minimum Gasteiger partial charge on any atom is -0.548 e. The molecule has 4 aromatic rings. The number of para-hydroxylation sites is 2. The van der Waals surface area contributed by atoms with Crippen molar-refractivity contribution >= 4 is 33.5 Å². The van der Waals surface area contributed by atoms with Gasteiger partial charge >= 0.3 is 0 Å². The third kappa shape index (κ3) is 3.09. The maximum absolute atomic E-state index is 11.8. The Morgan fingerprint density at radius 2 is 1.38 bits per heavy atom. The van der Waals surface area contributed by atoms with Gasteiger partial charge in [0.2, 0.25) is 11.0 Å². The molecule has 0 aliphatic carbocycles. The second-order valence-corrected chi connectivity index (χ2v) is 6.30. The zero-order valence-corrected chi connectivity index (χ0v) is 14.1. The first-order valence-electron chi connectivity index (χ1n) is 8.56. The summed E-state index contributed by atoms with van der Waals surface area (Å²) in [6.45, 7) is 0. The average molecular weight is 342 g/mol. The number of carboxylic acid groups (broad SMARTS) is 1. The zero-order chi connectivity index (χ0) is 17.9. The molecule has 0 amide bonds. The minimum absolute atomic E-state index is 0.352. The first kappa shape index (κ1) is 16.1. The largest absolute Gasteiger partial charge is 0.548 e. The van der Waals surface area contributed by atoms with Crippen molar-refractivity contribution in [3.8, 4) is 0 Å². The van der Waals surface area contributed by atoms with Gasteiger partial charge in [-0.25, -0.2) is 4.98 Å². The number of pyridine rings is 1. The van der Waals surface area contributed by atoms with E-state index in [1.807, 2.05) is 78.9 Å². The molecule has 0 fully saturated rings. The molecule has 0 aliphatic rings. The highest BCUT2D eigenvalue weighted by Crippen LogP contribution is 2.29. The Kier molecular flexibility index (Phi) is 4.23. The van der Waals surface area contributed by atoms with E-state index in [2.05, 4.69) is 10.3 Å². The van der Waals surface area contributed by atoms with Gasteiger partial charge in [-0.3, -0.25) is 0 Å². The highest BCUT2D eigenvalue weighted by Gasteiger charge is 2.18. The topological polar surface area (TPSA) is 66.3 Å². The number of aromatic amines is 1. The number of fused-ring (bicyclic) bond motifs is 2. The van der Waals surface area contributed by atoms with Gasteiger partial charge in [-0.15, -0.1) is 0 Å². The SMILES string of the molecule is O=C([O-])[C@@H](Cc1ccccc1)Nc1c2ccccc2[nH+]c2ccccc12. The second-order valence-electron chi connectivity index (χ2n) is 6.30. The number of H-pyrrole nitrogens is 1. The van der Waals surface area contributed by atoms with Crippen LogP contribution in [0.2, 0.25) is 0 Å². The summed E-state index contributed by atoms with van der Waals surface area (Å²) in [6, 6.07) is 24.5. The Balaban J connectivity index is 1.81. The van der Waals surface area contributed by atoms with E-state index in [9.17, 15) is 9.90 Å². The predicted octanol–water partition coefficient (Wildman–Crippen LogP) is 2.58. The molecule has 0 bridgehead atoms. The minimum atomic E-state index is -1.12. The monoisotopic (exact) mass is 342 g/mol. The standard InChI is InChI=1S/C22H18N2O2/c25-22(26)20(14-15-8-2-1-3-9-15)24-21-16-10-4-6-12-18(16)23-19-13-7-5-11-17(19)21/h1-13,20H,14H2,(H,23,24)(H,25,26)/t20-/m1/s1. The van der Waals surface area contributed by atoms with Gasteiger partial charge in [-0.1, -0.05) is 54.6 Å². The Bertz CT molecular complexity index is 1020. The fourth-order valence-electron chi connectivity index (χ4n) is 3.28. The van der Waals surface area contributed by atoms with Crippen LogP contribution in [0.5, 0.6) is 0 Å². The Hall–Kier alpha value is -3.40. The summed E-state index contributed by atoms with van der Waals surface area (Å²) < 4.78 is 0. The number of hydrogen-bond donors (Lipinski definition) is 1. The lowest BCUT2D eigenvalue weighted by atomic mass is 10.0. The quantitative estimate of drug-likeness (QED) is 0.567. The van der Waals surface area contributed by atoms with Gasteiger partial charge in [0, 0.05) is 12.1 Å². The van der Waals surface area contributed by atoms with E-state index >= 15 is 0 Å². The Morgan fingerprint density at radius 1 is 0.846 bits per heavy atom. The van der Waals surface area contributed by atoms with Crippen LogP contribution in [0.4, 0.5) is 5.69 Å². The molecule has 4 rings (SSSR count). The van der Waals surface area contributed by atoms with Gasteiger partial charge in [0.05, 0.1) is 28.5 Å². The number of carbonyl (C=O) groups is 1. The van der Waals surface area contributed by atoms with Crippen molar-refractivity contribution in [3.63, 3.8) is 0 Å². The molecular formula is C22H18N2O2. The van der Waals surface area contributed by atoms with Crippen molar-refractivity contribution in [2.75, 3.05) is 5.32 Å². The highest BCUT2D eigenvalue weighted by atomic mass is 16.4. The van der Waals surface area contributed by atoms with Gasteiger partial charge in [0.15, 0.2) is 0 Å². The van der Waals surface area contributed by atoms with E-state index < -0.39 is 12.0 Å². The number of aromatic nitrogens is 1. The molecule has 0 saturated carbocycles. The molecule has 4 heteroatoms. The van der Waals surface area contributed by atoms with Gasteiger partial charge < -0.3 is 15.2 Å². The maximum Gasteiger partial charge on any atom is 0.213 e. The van der Waals surface area contributed by atoms with E-state index in [0.29, 0.717) is 6.42 Å². The van der Waals surface area contributed by atoms with Gasteiger partial charge in [0.1, 0.15) is 0 Å². The lowest BCUT2D eigenvalue weighted by Gasteiger charge is -2.22. The predicted molar refractivity (Wildman–Crippen MR) is 101 cm³/mol. The van der Waals surface area contributed by atoms with Crippen LogP contribution >= 0.6 is 0 Å². The summed E-state index contributed by atoms with van der Waals surface area (Å²) in [5.41, 5.74) is 3.65. The van der Waals surface area contributed by atoms with Crippen LogP contribution < -0.4 is 15.4 Å². The fourth-order valence-corrected chi connectivity index (χ4v) is 3.28. The summed E-state index contributed by atoms with van der Waals surface area (Å²) >= 11 is 0. The van der Waals surface area contributed by atoms with E-state index in [1.54, 1.807) is 0 Å². The van der Waals surface area contributed by atoms with E-state index in [1.165, 1.54) is 0 Å². The lowest BCUT2D eigenvalue weighted by Crippen LogP contribution is -2.42. The molecule has 0 spiro atoms. The summed E-state index contributed by atoms with van der Waals surface area (Å²) in [6.07, 6.45) is 0.352. The maximum atomic E-state index is 11.8. The van der Waals surface area contributed by atoms with Gasteiger partial charge in [-0.2, -0.15) is 0 Å². The lowest BCUT2D eigenvalue weighted by molar-refractivity contribution is -0.310. The molecule has 0 aliphatic heterocycles. The molecule has 0 unspecified atom stereocenters. The second kappa shape index (κ2) is 6.84. The molecule has 0 radical (unpaired) electrons. The smallest absolute Gasteiger partial charge is 0.213 e. The van der Waals surface area contributed by atoms with Gasteiger partial charge in [-0.05, 0) is 24.1 Å². The first-order valence-corrected chi connectivity index (χ1v) is 8.56. The third-order valence-corrected chi connectivity index (χ3v) is 4.55. The number of benzene rings is 3. The van der Waals surface area contributed by atoms with Crippen LogP contribution in [0.3, 0.4) is 0 Å². The number of nitrogens with one attached hydrogen (secondary N) is 2. The van der Waals surface area contributed by atoms with Crippen LogP contribution in [0.1, 0.15) is 5.56 Å². The number of hydrogen-bond acceptors (Lipinski definition) is 3. The molecule has 4 nitrogen and oxygen atoms in total. The molecule has 0 saturated heterocycles. The molecule has 26 heavy (non-hydrogen) atoms. The van der Waals surface area contributed by atoms with Crippen molar-refractivity contribution in [1.82, 2.24) is 0 Å². The number of rotatable bonds is 5. The summed E-state index contributed by atoms with van der Waals surface area (Å²) in [4.78, 5) is 15.2. The van der Waals surface area contributed by atoms with E-state index in [-0.39, 0.29) is 0 Å². The average Bonchev–Trinajstić information content (AvgIpc) is 2.67. The molecule has 1 heterocycles. The third-order valence-electron chi connectivity index (χ3n) is 4.55. The van der Waals surface area contributed by atoms with Crippen LogP contribution in [0.25, 0.3) is 21.8 Å². The zero-order valence-electron chi connectivity index (χ0n) is 14.1. The first-order chi connectivity index (χ1) is 12.7. The molecular weight excluding hydrogens is 324 g/mol. The van der Waals surface area contributed by atoms with Crippen molar-refractivity contribution in [1.29, 1.82) is 0 Å². The molecule has 3 aromatic carbocycles. The number of aliphatic carboxylic acids is 1. The Morgan fingerprint density at radius 3 is 1.96 bits per heavy atom. The number of carboxylic acids is 1. The van der Waals surface area contributed by atoms with E-state index in [0.717, 1.165) is 33.1 Å². The molecule has 1 atom stereocenters. The summed E-state index contributed by atoms with van der Waals surface area (Å²) in [7, 11) is 0. The van der Waals surface area contributed by atoms with Crippen molar-refractivity contribution < 1.29 is 14.9 Å². The molecule has 2 N–H and O–H groups in total. The number of carbonyl (C=O) groups excluding carboxylic acids is 1. The van der Waals surface area contributed by atoms with Crippen LogP contribution in [0.15, 0.2) is 78.9 Å².